The van der Waals surface area contributed by atoms with E-state index < -0.39 is 0 Å². The number of hydrogen-bond acceptors (Lipinski definition) is 5. The summed E-state index contributed by atoms with van der Waals surface area (Å²) in [5.74, 6) is 2.67. The molecule has 1 fully saturated rings. The molecule has 148 valence electrons. The quantitative estimate of drug-likeness (QED) is 0.676. The lowest BCUT2D eigenvalue weighted by molar-refractivity contribution is 0.122. The van der Waals surface area contributed by atoms with Crippen LogP contribution in [0.15, 0.2) is 48.5 Å². The first-order chi connectivity index (χ1) is 14.3. The first kappa shape index (κ1) is 18.1. The zero-order valence-corrected chi connectivity index (χ0v) is 16.7. The molecule has 2 aromatic carbocycles. The van der Waals surface area contributed by atoms with Gasteiger partial charge >= 0.3 is 0 Å². The Morgan fingerprint density at radius 2 is 1.72 bits per heavy atom. The number of rotatable bonds is 3. The van der Waals surface area contributed by atoms with Crippen molar-refractivity contribution in [1.29, 1.82) is 0 Å². The first-order valence-electron chi connectivity index (χ1n) is 10.3. The summed E-state index contributed by atoms with van der Waals surface area (Å²) in [5.41, 5.74) is 5.98. The molecule has 0 atom stereocenters. The first-order valence-corrected chi connectivity index (χ1v) is 10.3. The molecule has 2 aliphatic rings. The molecule has 0 unspecified atom stereocenters. The Morgan fingerprint density at radius 3 is 2.52 bits per heavy atom. The van der Waals surface area contributed by atoms with Gasteiger partial charge in [-0.3, -0.25) is 0 Å². The van der Waals surface area contributed by atoms with Gasteiger partial charge in [0.05, 0.1) is 26.0 Å². The van der Waals surface area contributed by atoms with E-state index in [-0.39, 0.29) is 0 Å². The number of ether oxygens (including phenoxy) is 2. The van der Waals surface area contributed by atoms with E-state index in [0.717, 1.165) is 74.2 Å². The molecule has 5 rings (SSSR count). The van der Waals surface area contributed by atoms with Crippen LogP contribution in [0.3, 0.4) is 0 Å². The topological polar surface area (TPSA) is 47.5 Å². The number of morpholine rings is 1. The van der Waals surface area contributed by atoms with Gasteiger partial charge in [-0.1, -0.05) is 24.3 Å². The second kappa shape index (κ2) is 7.84. The highest BCUT2D eigenvalue weighted by Crippen LogP contribution is 2.37. The highest BCUT2D eigenvalue weighted by molar-refractivity contribution is 5.75. The van der Waals surface area contributed by atoms with Crippen LogP contribution >= 0.6 is 0 Å². The molecule has 0 amide bonds. The van der Waals surface area contributed by atoms with Crippen LogP contribution in [0, 0.1) is 0 Å². The summed E-state index contributed by atoms with van der Waals surface area (Å²) >= 11 is 0. The Kier molecular flexibility index (Phi) is 4.90. The number of hydrogen-bond donors (Lipinski definition) is 0. The smallest absolute Gasteiger partial charge is 0.162 e. The lowest BCUT2D eigenvalue weighted by atomic mass is 10.0. The van der Waals surface area contributed by atoms with Crippen molar-refractivity contribution in [2.24, 2.45) is 0 Å². The molecule has 0 N–H and O–H groups in total. The molecular formula is C24H25N3O2. The number of nitrogens with zero attached hydrogens (tertiary/aromatic N) is 3. The molecule has 1 saturated heterocycles. The van der Waals surface area contributed by atoms with Crippen LogP contribution < -0.4 is 9.64 Å². The van der Waals surface area contributed by atoms with Gasteiger partial charge in [-0.25, -0.2) is 9.97 Å². The van der Waals surface area contributed by atoms with Gasteiger partial charge in [0.2, 0.25) is 0 Å². The molecule has 5 nitrogen and oxygen atoms in total. The number of benzene rings is 2. The zero-order valence-electron chi connectivity index (χ0n) is 16.7. The van der Waals surface area contributed by atoms with Gasteiger partial charge in [0.25, 0.3) is 0 Å². The Hall–Kier alpha value is -2.92. The van der Waals surface area contributed by atoms with Crippen molar-refractivity contribution in [3.63, 3.8) is 0 Å². The Morgan fingerprint density at radius 1 is 0.931 bits per heavy atom. The van der Waals surface area contributed by atoms with Crippen LogP contribution in [0.2, 0.25) is 0 Å². The van der Waals surface area contributed by atoms with E-state index in [0.29, 0.717) is 0 Å². The van der Waals surface area contributed by atoms with Crippen molar-refractivity contribution < 1.29 is 9.47 Å². The van der Waals surface area contributed by atoms with Crippen LogP contribution in [0.4, 0.5) is 5.82 Å². The van der Waals surface area contributed by atoms with Crippen LogP contribution in [0.5, 0.6) is 5.75 Å². The predicted octanol–water partition coefficient (Wildman–Crippen LogP) is 4.14. The number of aromatic nitrogens is 2. The SMILES string of the molecule is COc1ccc(-c2nc3c(c(N4CCOCC4)n2)CCCc2ccccc2-3)cc1. The minimum absolute atomic E-state index is 0.743. The summed E-state index contributed by atoms with van der Waals surface area (Å²) in [6.45, 7) is 3.22. The minimum atomic E-state index is 0.743. The standard InChI is InChI=1S/C24H25N3O2/c1-28-19-11-9-18(10-12-19)23-25-22-20-7-3-2-5-17(20)6-4-8-21(22)24(26-23)27-13-15-29-16-14-27/h2-3,5,7,9-12H,4,6,8,13-16H2,1H3. The summed E-state index contributed by atoms with van der Waals surface area (Å²) in [6, 6.07) is 16.7. The maximum absolute atomic E-state index is 5.59. The van der Waals surface area contributed by atoms with Gasteiger partial charge in [0.15, 0.2) is 5.82 Å². The number of anilines is 1. The molecule has 0 saturated carbocycles. The number of methoxy groups -OCH3 is 1. The monoisotopic (exact) mass is 387 g/mol. The summed E-state index contributed by atoms with van der Waals surface area (Å²) in [4.78, 5) is 12.5. The summed E-state index contributed by atoms with van der Waals surface area (Å²) in [5, 5.41) is 0. The summed E-state index contributed by atoms with van der Waals surface area (Å²) in [7, 11) is 1.68. The largest absolute Gasteiger partial charge is 0.497 e. The molecule has 1 aromatic heterocycles. The average Bonchev–Trinajstić information content (AvgIpc) is 2.98. The van der Waals surface area contributed by atoms with Crippen molar-refractivity contribution in [3.8, 4) is 28.4 Å². The van der Waals surface area contributed by atoms with Crippen molar-refractivity contribution >= 4 is 5.82 Å². The summed E-state index contributed by atoms with van der Waals surface area (Å²) < 4.78 is 10.9. The van der Waals surface area contributed by atoms with E-state index in [1.54, 1.807) is 7.11 Å². The highest BCUT2D eigenvalue weighted by atomic mass is 16.5. The van der Waals surface area contributed by atoms with Crippen molar-refractivity contribution in [2.45, 2.75) is 19.3 Å². The van der Waals surface area contributed by atoms with Crippen LogP contribution in [-0.2, 0) is 17.6 Å². The van der Waals surface area contributed by atoms with E-state index in [2.05, 4.69) is 29.2 Å². The van der Waals surface area contributed by atoms with Gasteiger partial charge < -0.3 is 14.4 Å². The van der Waals surface area contributed by atoms with Gasteiger partial charge in [-0.15, -0.1) is 0 Å². The fraction of sp³-hybridized carbons (Fsp3) is 0.333. The molecule has 3 aromatic rings. The van der Waals surface area contributed by atoms with E-state index >= 15 is 0 Å². The molecule has 0 spiro atoms. The van der Waals surface area contributed by atoms with Crippen LogP contribution in [0.25, 0.3) is 22.6 Å². The maximum Gasteiger partial charge on any atom is 0.162 e. The van der Waals surface area contributed by atoms with Crippen LogP contribution in [-0.4, -0.2) is 43.4 Å². The van der Waals surface area contributed by atoms with Crippen molar-refractivity contribution in [2.75, 3.05) is 38.3 Å². The van der Waals surface area contributed by atoms with E-state index in [1.165, 1.54) is 16.7 Å². The van der Waals surface area contributed by atoms with Crippen molar-refractivity contribution in [3.05, 3.63) is 59.7 Å². The molecule has 0 bridgehead atoms. The predicted molar refractivity (Wildman–Crippen MR) is 115 cm³/mol. The summed E-state index contributed by atoms with van der Waals surface area (Å²) in [6.07, 6.45) is 3.19. The second-order valence-electron chi connectivity index (χ2n) is 7.54. The Balaban J connectivity index is 1.70. The Labute approximate surface area is 171 Å². The third kappa shape index (κ3) is 3.47. The number of aryl methyl sites for hydroxylation is 1. The lowest BCUT2D eigenvalue weighted by Crippen LogP contribution is -2.37. The molecule has 0 radical (unpaired) electrons. The third-order valence-electron chi connectivity index (χ3n) is 5.79. The maximum atomic E-state index is 5.59. The van der Waals surface area contributed by atoms with Gasteiger partial charge in [-0.05, 0) is 49.1 Å². The minimum Gasteiger partial charge on any atom is -0.497 e. The Bertz CT molecular complexity index is 1010. The fourth-order valence-corrected chi connectivity index (χ4v) is 4.26. The molecule has 1 aliphatic carbocycles. The molecule has 2 heterocycles. The van der Waals surface area contributed by atoms with Gasteiger partial charge in [0, 0.05) is 29.8 Å². The molecule has 1 aliphatic heterocycles. The fourth-order valence-electron chi connectivity index (χ4n) is 4.26. The second-order valence-corrected chi connectivity index (χ2v) is 7.54. The third-order valence-corrected chi connectivity index (χ3v) is 5.79. The highest BCUT2D eigenvalue weighted by Gasteiger charge is 2.25. The van der Waals surface area contributed by atoms with Gasteiger partial charge in [-0.2, -0.15) is 0 Å². The average molecular weight is 387 g/mol. The molecule has 29 heavy (non-hydrogen) atoms. The molecular weight excluding hydrogens is 362 g/mol. The normalized spacial score (nSPS) is 16.0. The van der Waals surface area contributed by atoms with Crippen molar-refractivity contribution in [1.82, 2.24) is 9.97 Å². The van der Waals surface area contributed by atoms with E-state index in [9.17, 15) is 0 Å². The van der Waals surface area contributed by atoms with E-state index in [1.807, 2.05) is 24.3 Å². The zero-order chi connectivity index (χ0) is 19.6. The van der Waals surface area contributed by atoms with Gasteiger partial charge in [0.1, 0.15) is 11.6 Å². The molecule has 5 heteroatoms. The van der Waals surface area contributed by atoms with Crippen LogP contribution in [0.1, 0.15) is 17.5 Å². The lowest BCUT2D eigenvalue weighted by Gasteiger charge is -2.30. The van der Waals surface area contributed by atoms with E-state index in [4.69, 9.17) is 19.4 Å². The number of fused-ring (bicyclic) bond motifs is 3.